The molecule has 1 saturated carbocycles. The van der Waals surface area contributed by atoms with Crippen molar-refractivity contribution in [1.29, 1.82) is 0 Å². The number of nitrogens with one attached hydrogen (secondary N) is 1. The summed E-state index contributed by atoms with van der Waals surface area (Å²) >= 11 is 0. The zero-order valence-electron chi connectivity index (χ0n) is 10.6. The third-order valence-corrected chi connectivity index (χ3v) is 4.42. The van der Waals surface area contributed by atoms with Gasteiger partial charge in [0, 0.05) is 17.9 Å². The van der Waals surface area contributed by atoms with E-state index < -0.39 is 0 Å². The number of Topliss-reactive ketones (excluding diaryl/α,β-unsaturated/α-hetero) is 1. The van der Waals surface area contributed by atoms with Crippen LogP contribution >= 0.6 is 0 Å². The molecule has 1 saturated heterocycles. The van der Waals surface area contributed by atoms with Gasteiger partial charge in [0.05, 0.1) is 0 Å². The third-order valence-electron chi connectivity index (χ3n) is 4.42. The molecule has 16 heavy (non-hydrogen) atoms. The van der Waals surface area contributed by atoms with Crippen molar-refractivity contribution in [3.63, 3.8) is 0 Å². The standard InChI is InChI=1S/C14H25NO/c1-14(9-6-10-15-11-14)13(16)12-7-4-2-3-5-8-12/h12,15H,2-11H2,1H3. The first kappa shape index (κ1) is 12.1. The van der Waals surface area contributed by atoms with E-state index in [0.717, 1.165) is 38.8 Å². The molecule has 1 atom stereocenters. The average Bonchev–Trinajstić information content (AvgIpc) is 2.57. The highest BCUT2D eigenvalue weighted by molar-refractivity contribution is 5.87. The molecule has 2 rings (SSSR count). The highest BCUT2D eigenvalue weighted by Gasteiger charge is 2.38. The highest BCUT2D eigenvalue weighted by Crippen LogP contribution is 2.34. The Morgan fingerprint density at radius 3 is 2.38 bits per heavy atom. The van der Waals surface area contributed by atoms with Crippen LogP contribution in [0.1, 0.15) is 58.3 Å². The summed E-state index contributed by atoms with van der Waals surface area (Å²) in [7, 11) is 0. The fourth-order valence-electron chi connectivity index (χ4n) is 3.30. The Labute approximate surface area is 99.2 Å². The quantitative estimate of drug-likeness (QED) is 0.729. The summed E-state index contributed by atoms with van der Waals surface area (Å²) in [5.74, 6) is 0.925. The molecule has 0 amide bonds. The largest absolute Gasteiger partial charge is 0.316 e. The van der Waals surface area contributed by atoms with Crippen molar-refractivity contribution in [3.8, 4) is 0 Å². The lowest BCUT2D eigenvalue weighted by Crippen LogP contribution is -2.45. The van der Waals surface area contributed by atoms with E-state index in [1.807, 2.05) is 0 Å². The molecular weight excluding hydrogens is 198 g/mol. The first-order valence-electron chi connectivity index (χ1n) is 6.97. The summed E-state index contributed by atoms with van der Waals surface area (Å²) in [6.07, 6.45) is 9.74. The topological polar surface area (TPSA) is 29.1 Å². The van der Waals surface area contributed by atoms with Crippen molar-refractivity contribution < 1.29 is 4.79 Å². The summed E-state index contributed by atoms with van der Waals surface area (Å²) in [6, 6.07) is 0. The molecule has 1 N–H and O–H groups in total. The lowest BCUT2D eigenvalue weighted by molar-refractivity contribution is -0.133. The Morgan fingerprint density at radius 1 is 1.12 bits per heavy atom. The number of carbonyl (C=O) groups excluding carboxylic acids is 1. The van der Waals surface area contributed by atoms with Crippen LogP contribution in [-0.2, 0) is 4.79 Å². The van der Waals surface area contributed by atoms with Crippen molar-refractivity contribution in [2.24, 2.45) is 11.3 Å². The van der Waals surface area contributed by atoms with E-state index in [-0.39, 0.29) is 5.41 Å². The maximum absolute atomic E-state index is 12.6. The number of piperidine rings is 1. The molecule has 2 heteroatoms. The molecule has 0 aromatic heterocycles. The lowest BCUT2D eigenvalue weighted by Gasteiger charge is -2.35. The number of rotatable bonds is 2. The van der Waals surface area contributed by atoms with Crippen molar-refractivity contribution >= 4 is 5.78 Å². The highest BCUT2D eigenvalue weighted by atomic mass is 16.1. The van der Waals surface area contributed by atoms with Gasteiger partial charge in [-0.05, 0) is 32.2 Å². The van der Waals surface area contributed by atoms with Crippen molar-refractivity contribution in [2.45, 2.75) is 58.3 Å². The van der Waals surface area contributed by atoms with E-state index in [4.69, 9.17) is 0 Å². The second-order valence-electron chi connectivity index (χ2n) is 5.89. The van der Waals surface area contributed by atoms with Crippen LogP contribution in [0.2, 0.25) is 0 Å². The van der Waals surface area contributed by atoms with Gasteiger partial charge in [-0.25, -0.2) is 0 Å². The van der Waals surface area contributed by atoms with E-state index in [1.54, 1.807) is 0 Å². The molecular formula is C14H25NO. The predicted octanol–water partition coefficient (Wildman–Crippen LogP) is 2.92. The first-order valence-corrected chi connectivity index (χ1v) is 6.97. The van der Waals surface area contributed by atoms with Gasteiger partial charge in [0.15, 0.2) is 0 Å². The fourth-order valence-corrected chi connectivity index (χ4v) is 3.30. The molecule has 2 fully saturated rings. The summed E-state index contributed by atoms with van der Waals surface area (Å²) in [5.41, 5.74) is -0.0622. The molecule has 1 aliphatic heterocycles. The van der Waals surface area contributed by atoms with Gasteiger partial charge in [0.25, 0.3) is 0 Å². The maximum atomic E-state index is 12.6. The van der Waals surface area contributed by atoms with E-state index >= 15 is 0 Å². The van der Waals surface area contributed by atoms with Crippen molar-refractivity contribution in [3.05, 3.63) is 0 Å². The van der Waals surface area contributed by atoms with Gasteiger partial charge in [-0.15, -0.1) is 0 Å². The van der Waals surface area contributed by atoms with Gasteiger partial charge in [0.2, 0.25) is 0 Å². The fraction of sp³-hybridized carbons (Fsp3) is 0.929. The molecule has 0 aromatic carbocycles. The van der Waals surface area contributed by atoms with Crippen LogP contribution in [0.15, 0.2) is 0 Å². The zero-order chi connectivity index (χ0) is 11.4. The average molecular weight is 223 g/mol. The van der Waals surface area contributed by atoms with Gasteiger partial charge in [-0.3, -0.25) is 4.79 Å². The smallest absolute Gasteiger partial charge is 0.143 e. The van der Waals surface area contributed by atoms with Crippen LogP contribution < -0.4 is 5.32 Å². The second-order valence-corrected chi connectivity index (χ2v) is 5.89. The van der Waals surface area contributed by atoms with Gasteiger partial charge in [-0.1, -0.05) is 32.6 Å². The normalized spacial score (nSPS) is 33.3. The summed E-state index contributed by atoms with van der Waals surface area (Å²) < 4.78 is 0. The second kappa shape index (κ2) is 5.31. The summed E-state index contributed by atoms with van der Waals surface area (Å²) in [5, 5.41) is 3.39. The minimum Gasteiger partial charge on any atom is -0.316 e. The Morgan fingerprint density at radius 2 is 1.81 bits per heavy atom. The molecule has 2 nitrogen and oxygen atoms in total. The van der Waals surface area contributed by atoms with Crippen molar-refractivity contribution in [2.75, 3.05) is 13.1 Å². The van der Waals surface area contributed by atoms with E-state index in [9.17, 15) is 4.79 Å². The number of hydrogen-bond donors (Lipinski definition) is 1. The molecule has 2 aliphatic rings. The van der Waals surface area contributed by atoms with Gasteiger partial charge in [0.1, 0.15) is 5.78 Å². The van der Waals surface area contributed by atoms with Crippen LogP contribution in [0.4, 0.5) is 0 Å². The molecule has 0 spiro atoms. The van der Waals surface area contributed by atoms with Crippen LogP contribution in [0.25, 0.3) is 0 Å². The number of carbonyl (C=O) groups is 1. The molecule has 1 heterocycles. The first-order chi connectivity index (χ1) is 7.72. The Balaban J connectivity index is 1.98. The lowest BCUT2D eigenvalue weighted by atomic mass is 9.73. The summed E-state index contributed by atoms with van der Waals surface area (Å²) in [6.45, 7) is 4.17. The van der Waals surface area contributed by atoms with Gasteiger partial charge < -0.3 is 5.32 Å². The Kier molecular flexibility index (Phi) is 4.01. The van der Waals surface area contributed by atoms with Crippen LogP contribution in [0.3, 0.4) is 0 Å². The number of ketones is 1. The molecule has 0 radical (unpaired) electrons. The molecule has 0 bridgehead atoms. The third kappa shape index (κ3) is 2.65. The van der Waals surface area contributed by atoms with Crippen LogP contribution in [0.5, 0.6) is 0 Å². The summed E-state index contributed by atoms with van der Waals surface area (Å²) in [4.78, 5) is 12.6. The zero-order valence-corrected chi connectivity index (χ0v) is 10.6. The number of hydrogen-bond acceptors (Lipinski definition) is 2. The predicted molar refractivity (Wildman–Crippen MR) is 66.4 cm³/mol. The molecule has 92 valence electrons. The van der Waals surface area contributed by atoms with Gasteiger partial charge >= 0.3 is 0 Å². The monoisotopic (exact) mass is 223 g/mol. The Hall–Kier alpha value is -0.370. The minimum atomic E-state index is -0.0622. The van der Waals surface area contributed by atoms with E-state index in [2.05, 4.69) is 12.2 Å². The Bertz CT molecular complexity index is 235. The SMILES string of the molecule is CC1(C(=O)C2CCCCCC2)CCCNC1. The molecule has 1 aliphatic carbocycles. The van der Waals surface area contributed by atoms with Gasteiger partial charge in [-0.2, -0.15) is 0 Å². The van der Waals surface area contributed by atoms with E-state index in [1.165, 1.54) is 25.7 Å². The minimum absolute atomic E-state index is 0.0622. The van der Waals surface area contributed by atoms with Crippen LogP contribution in [0, 0.1) is 11.3 Å². The van der Waals surface area contributed by atoms with E-state index in [0.29, 0.717) is 11.7 Å². The molecule has 1 unspecified atom stereocenters. The molecule has 0 aromatic rings. The maximum Gasteiger partial charge on any atom is 0.143 e. The van der Waals surface area contributed by atoms with Crippen molar-refractivity contribution in [1.82, 2.24) is 5.32 Å². The van der Waals surface area contributed by atoms with Crippen LogP contribution in [-0.4, -0.2) is 18.9 Å².